The van der Waals surface area contributed by atoms with Gasteiger partial charge in [0.25, 0.3) is 0 Å². The number of hydrogen-bond acceptors (Lipinski definition) is 8. The molecular weight excluding hydrogens is 553 g/mol. The molecule has 0 saturated heterocycles. The molecule has 2 aromatic carbocycles. The van der Waals surface area contributed by atoms with E-state index in [2.05, 4.69) is 25.0 Å². The summed E-state index contributed by atoms with van der Waals surface area (Å²) in [6.45, 7) is 1.16. The van der Waals surface area contributed by atoms with E-state index in [0.29, 0.717) is 35.6 Å². The zero-order chi connectivity index (χ0) is 27.1. The number of fused-ring (bicyclic) bond motifs is 1. The Bertz CT molecular complexity index is 1510. The van der Waals surface area contributed by atoms with E-state index in [1.165, 1.54) is 12.1 Å². The average molecular weight is 578 g/mol. The highest BCUT2D eigenvalue weighted by Crippen LogP contribution is 2.18. The summed E-state index contributed by atoms with van der Waals surface area (Å²) in [4.78, 5) is 24.4. The Labute approximate surface area is 229 Å². The summed E-state index contributed by atoms with van der Waals surface area (Å²) in [7, 11) is -3.69. The molecule has 4 N–H and O–H groups in total. The standard InChI is InChI=1S/C24H25Cl2N7O4S/c25-18-7-3-17(4-8-18)14-30-38(35,36)19-9-5-16(6-10-19)13-28-24(34)37-12-2-1-11-33-15-29-20-21(27)31-23(26)32-22(20)33/h3-10,15,30H,1-2,11-14H2,(H,28,34)(H2,27,31,32). The van der Waals surface area contributed by atoms with Crippen LogP contribution in [0.2, 0.25) is 10.3 Å². The molecule has 0 spiro atoms. The highest BCUT2D eigenvalue weighted by molar-refractivity contribution is 7.89. The molecule has 0 atom stereocenters. The second kappa shape index (κ2) is 12.4. The third kappa shape index (κ3) is 7.32. The van der Waals surface area contributed by atoms with Gasteiger partial charge in [-0.25, -0.2) is 22.9 Å². The van der Waals surface area contributed by atoms with Crippen molar-refractivity contribution in [2.75, 3.05) is 12.3 Å². The third-order valence-corrected chi connectivity index (χ3v) is 7.38. The van der Waals surface area contributed by atoms with E-state index in [0.717, 1.165) is 11.1 Å². The molecule has 38 heavy (non-hydrogen) atoms. The fraction of sp³-hybridized carbons (Fsp3) is 0.250. The number of sulfonamides is 1. The number of benzene rings is 2. The number of nitrogens with two attached hydrogens (primary N) is 1. The first kappa shape index (κ1) is 27.6. The Hall–Kier alpha value is -3.45. The number of aryl methyl sites for hydroxylation is 1. The number of carbonyl (C=O) groups is 1. The minimum absolute atomic E-state index is 0.0545. The molecule has 2 aromatic heterocycles. The van der Waals surface area contributed by atoms with Crippen LogP contribution in [0.3, 0.4) is 0 Å². The van der Waals surface area contributed by atoms with Crippen LogP contribution in [0.4, 0.5) is 10.6 Å². The van der Waals surface area contributed by atoms with E-state index >= 15 is 0 Å². The topological polar surface area (TPSA) is 154 Å². The predicted molar refractivity (Wildman–Crippen MR) is 144 cm³/mol. The summed E-state index contributed by atoms with van der Waals surface area (Å²) in [6.07, 6.45) is 2.39. The number of imidazole rings is 1. The van der Waals surface area contributed by atoms with Crippen molar-refractivity contribution in [2.45, 2.75) is 37.4 Å². The number of carbonyl (C=O) groups excluding carboxylic acids is 1. The molecule has 14 heteroatoms. The quantitative estimate of drug-likeness (QED) is 0.179. The van der Waals surface area contributed by atoms with Gasteiger partial charge in [0, 0.05) is 24.7 Å². The number of ether oxygens (including phenoxy) is 1. The summed E-state index contributed by atoms with van der Waals surface area (Å²) in [6, 6.07) is 13.1. The molecule has 0 aliphatic carbocycles. The number of aromatic nitrogens is 4. The normalized spacial score (nSPS) is 11.5. The molecular formula is C24H25Cl2N7O4S. The Morgan fingerprint density at radius 3 is 2.39 bits per heavy atom. The lowest BCUT2D eigenvalue weighted by molar-refractivity contribution is 0.143. The molecule has 200 valence electrons. The molecule has 2 heterocycles. The monoisotopic (exact) mass is 577 g/mol. The number of nitrogens with zero attached hydrogens (tertiary/aromatic N) is 4. The average Bonchev–Trinajstić information content (AvgIpc) is 3.30. The number of unbranched alkanes of at least 4 members (excludes halogenated alkanes) is 1. The molecule has 0 aliphatic rings. The van der Waals surface area contributed by atoms with Crippen LogP contribution in [0.15, 0.2) is 59.8 Å². The van der Waals surface area contributed by atoms with E-state index in [1.54, 1.807) is 42.7 Å². The van der Waals surface area contributed by atoms with Gasteiger partial charge in [-0.2, -0.15) is 9.97 Å². The van der Waals surface area contributed by atoms with Crippen molar-refractivity contribution < 1.29 is 17.9 Å². The molecule has 0 radical (unpaired) electrons. The Balaban J connectivity index is 1.16. The Morgan fingerprint density at radius 2 is 1.66 bits per heavy atom. The third-order valence-electron chi connectivity index (χ3n) is 5.54. The molecule has 4 aromatic rings. The van der Waals surface area contributed by atoms with Gasteiger partial charge in [0.15, 0.2) is 11.5 Å². The number of nitrogens with one attached hydrogen (secondary N) is 2. The fourth-order valence-corrected chi connectivity index (χ4v) is 4.84. The van der Waals surface area contributed by atoms with Gasteiger partial charge in [0.2, 0.25) is 15.3 Å². The fourth-order valence-electron chi connectivity index (χ4n) is 3.53. The number of nitrogen functional groups attached to an aromatic ring is 1. The van der Waals surface area contributed by atoms with Crippen LogP contribution in [0.25, 0.3) is 11.2 Å². The number of hydrogen-bond donors (Lipinski definition) is 3. The maximum Gasteiger partial charge on any atom is 0.407 e. The minimum Gasteiger partial charge on any atom is -0.450 e. The van der Waals surface area contributed by atoms with Gasteiger partial charge < -0.3 is 20.4 Å². The van der Waals surface area contributed by atoms with Gasteiger partial charge >= 0.3 is 6.09 Å². The lowest BCUT2D eigenvalue weighted by atomic mass is 10.2. The molecule has 1 amide bonds. The van der Waals surface area contributed by atoms with E-state index in [1.807, 2.05) is 4.57 Å². The summed E-state index contributed by atoms with van der Waals surface area (Å²) in [5, 5.41) is 3.29. The Kier molecular flexibility index (Phi) is 9.00. The summed E-state index contributed by atoms with van der Waals surface area (Å²) in [5.41, 5.74) is 8.36. The van der Waals surface area contributed by atoms with Crippen molar-refractivity contribution >= 4 is 56.3 Å². The maximum atomic E-state index is 12.5. The molecule has 0 aliphatic heterocycles. The van der Waals surface area contributed by atoms with Crippen LogP contribution in [-0.2, 0) is 34.4 Å². The smallest absolute Gasteiger partial charge is 0.407 e. The van der Waals surface area contributed by atoms with Gasteiger partial charge in [-0.1, -0.05) is 35.9 Å². The highest BCUT2D eigenvalue weighted by atomic mass is 35.5. The predicted octanol–water partition coefficient (Wildman–Crippen LogP) is 3.90. The lowest BCUT2D eigenvalue weighted by Crippen LogP contribution is -2.25. The highest BCUT2D eigenvalue weighted by Gasteiger charge is 2.14. The number of rotatable bonds is 11. The summed E-state index contributed by atoms with van der Waals surface area (Å²) >= 11 is 11.7. The summed E-state index contributed by atoms with van der Waals surface area (Å²) < 4.78 is 34.7. The van der Waals surface area contributed by atoms with E-state index in [-0.39, 0.29) is 35.7 Å². The maximum absolute atomic E-state index is 12.5. The van der Waals surface area contributed by atoms with Crippen LogP contribution in [0.5, 0.6) is 0 Å². The molecule has 0 saturated carbocycles. The van der Waals surface area contributed by atoms with Crippen molar-refractivity contribution in [3.05, 3.63) is 76.3 Å². The van der Waals surface area contributed by atoms with Crippen LogP contribution in [0, 0.1) is 0 Å². The van der Waals surface area contributed by atoms with E-state index in [4.69, 9.17) is 33.7 Å². The second-order valence-electron chi connectivity index (χ2n) is 8.28. The largest absolute Gasteiger partial charge is 0.450 e. The molecule has 4 rings (SSSR count). The van der Waals surface area contributed by atoms with Crippen molar-refractivity contribution in [1.29, 1.82) is 0 Å². The number of anilines is 1. The van der Waals surface area contributed by atoms with E-state index in [9.17, 15) is 13.2 Å². The molecule has 0 fully saturated rings. The number of halogens is 2. The minimum atomic E-state index is -3.69. The van der Waals surface area contributed by atoms with Crippen molar-refractivity contribution in [1.82, 2.24) is 29.6 Å². The molecule has 11 nitrogen and oxygen atoms in total. The van der Waals surface area contributed by atoms with Gasteiger partial charge in [-0.15, -0.1) is 0 Å². The SMILES string of the molecule is Nc1nc(Cl)nc2c1ncn2CCCCOC(=O)NCc1ccc(S(=O)(=O)NCc2ccc(Cl)cc2)cc1. The zero-order valence-electron chi connectivity index (χ0n) is 20.1. The second-order valence-corrected chi connectivity index (χ2v) is 10.8. The Morgan fingerprint density at radius 1 is 0.974 bits per heavy atom. The van der Waals surface area contributed by atoms with E-state index < -0.39 is 16.1 Å². The van der Waals surface area contributed by atoms with Crippen LogP contribution in [0.1, 0.15) is 24.0 Å². The van der Waals surface area contributed by atoms with Gasteiger partial charge in [0.05, 0.1) is 17.8 Å². The van der Waals surface area contributed by atoms with Gasteiger partial charge in [0.1, 0.15) is 5.52 Å². The molecule has 0 unspecified atom stereocenters. The van der Waals surface area contributed by atoms with Crippen LogP contribution in [-0.4, -0.2) is 40.6 Å². The first-order valence-corrected chi connectivity index (χ1v) is 13.8. The first-order chi connectivity index (χ1) is 18.2. The van der Waals surface area contributed by atoms with Crippen LogP contribution < -0.4 is 15.8 Å². The van der Waals surface area contributed by atoms with Crippen molar-refractivity contribution in [3.63, 3.8) is 0 Å². The molecule has 0 bridgehead atoms. The van der Waals surface area contributed by atoms with Crippen molar-refractivity contribution in [3.8, 4) is 0 Å². The first-order valence-electron chi connectivity index (χ1n) is 11.6. The summed E-state index contributed by atoms with van der Waals surface area (Å²) in [5.74, 6) is 0.223. The number of alkyl carbamates (subject to hydrolysis) is 1. The number of amides is 1. The van der Waals surface area contributed by atoms with Gasteiger partial charge in [-0.3, -0.25) is 0 Å². The van der Waals surface area contributed by atoms with Gasteiger partial charge in [-0.05, 0) is 59.8 Å². The van der Waals surface area contributed by atoms with Crippen LogP contribution >= 0.6 is 23.2 Å². The van der Waals surface area contributed by atoms with Crippen molar-refractivity contribution in [2.24, 2.45) is 0 Å². The zero-order valence-corrected chi connectivity index (χ0v) is 22.4. The lowest BCUT2D eigenvalue weighted by Gasteiger charge is -2.09.